The van der Waals surface area contributed by atoms with Gasteiger partial charge in [-0.3, -0.25) is 4.79 Å². The molecule has 0 radical (unpaired) electrons. The van der Waals surface area contributed by atoms with Crippen LogP contribution in [0.1, 0.15) is 77.6 Å². The Morgan fingerprint density at radius 3 is 2.54 bits per heavy atom. The number of carboxylic acid groups (broad SMARTS) is 1. The van der Waals surface area contributed by atoms with Crippen molar-refractivity contribution in [3.63, 3.8) is 0 Å². The van der Waals surface area contributed by atoms with Crippen LogP contribution in [-0.2, 0) is 13.0 Å². The minimum atomic E-state index is -0.946. The zero-order valence-electron chi connectivity index (χ0n) is 22.3. The molecule has 1 amide bonds. The molecule has 0 aliphatic heterocycles. The number of nitrogens with one attached hydrogen (secondary N) is 1. The van der Waals surface area contributed by atoms with E-state index in [1.165, 1.54) is 0 Å². The number of aliphatic hydroxyl groups is 1. The summed E-state index contributed by atoms with van der Waals surface area (Å²) in [6.45, 7) is 2.74. The van der Waals surface area contributed by atoms with Crippen LogP contribution in [0, 0.1) is 0 Å². The number of benzene rings is 3. The molecule has 1 aliphatic carbocycles. The molecule has 0 spiro atoms. The predicted octanol–water partition coefficient (Wildman–Crippen LogP) is 5.83. The quantitative estimate of drug-likeness (QED) is 0.255. The van der Waals surface area contributed by atoms with E-state index in [4.69, 9.17) is 4.98 Å². The first kappa shape index (κ1) is 26.6. The average molecular weight is 526 g/mol. The largest absolute Gasteiger partial charge is 0.478 e. The molecule has 1 aromatic heterocycles. The first-order chi connectivity index (χ1) is 18.9. The Morgan fingerprint density at radius 2 is 1.79 bits per heavy atom. The lowest BCUT2D eigenvalue weighted by molar-refractivity contribution is 0.0696. The molecule has 0 saturated heterocycles. The van der Waals surface area contributed by atoms with E-state index in [-0.39, 0.29) is 17.5 Å². The van der Waals surface area contributed by atoms with Gasteiger partial charge in [0.05, 0.1) is 28.7 Å². The second-order valence-electron chi connectivity index (χ2n) is 10.4. The fourth-order valence-corrected chi connectivity index (χ4v) is 5.44. The number of aromatic nitrogens is 2. The number of carbonyl (C=O) groups is 2. The van der Waals surface area contributed by atoms with Crippen LogP contribution in [-0.4, -0.2) is 43.8 Å². The fraction of sp³-hybridized carbons (Fsp3) is 0.344. The Labute approximate surface area is 228 Å². The highest BCUT2D eigenvalue weighted by Crippen LogP contribution is 2.26. The van der Waals surface area contributed by atoms with Gasteiger partial charge in [0.25, 0.3) is 5.91 Å². The molecule has 1 heterocycles. The second kappa shape index (κ2) is 11.8. The van der Waals surface area contributed by atoms with Gasteiger partial charge in [-0.05, 0) is 60.2 Å². The molecule has 4 aromatic rings. The van der Waals surface area contributed by atoms with Crippen LogP contribution in [0.2, 0.25) is 0 Å². The maximum atomic E-state index is 13.1. The van der Waals surface area contributed by atoms with Gasteiger partial charge in [0.2, 0.25) is 0 Å². The second-order valence-corrected chi connectivity index (χ2v) is 10.4. The minimum absolute atomic E-state index is 0.174. The maximum Gasteiger partial charge on any atom is 0.336 e. The van der Waals surface area contributed by atoms with Gasteiger partial charge in [-0.2, -0.15) is 0 Å². The summed E-state index contributed by atoms with van der Waals surface area (Å²) in [5, 5.41) is 22.9. The molecular weight excluding hydrogens is 490 g/mol. The fourth-order valence-electron chi connectivity index (χ4n) is 5.44. The zero-order valence-corrected chi connectivity index (χ0v) is 22.3. The number of hydrogen-bond donors (Lipinski definition) is 3. The number of nitrogens with zero attached hydrogens (tertiary/aromatic N) is 2. The molecule has 2 unspecified atom stereocenters. The van der Waals surface area contributed by atoms with Crippen LogP contribution in [0.25, 0.3) is 22.2 Å². The third-order valence-electron chi connectivity index (χ3n) is 7.65. The first-order valence-corrected chi connectivity index (χ1v) is 13.8. The monoisotopic (exact) mass is 525 g/mol. The van der Waals surface area contributed by atoms with Gasteiger partial charge in [0.1, 0.15) is 5.82 Å². The van der Waals surface area contributed by atoms with Crippen LogP contribution < -0.4 is 5.32 Å². The van der Waals surface area contributed by atoms with Crippen molar-refractivity contribution in [2.24, 2.45) is 0 Å². The lowest BCUT2D eigenvalue weighted by Crippen LogP contribution is -2.45. The first-order valence-electron chi connectivity index (χ1n) is 13.8. The van der Waals surface area contributed by atoms with Crippen LogP contribution in [0.3, 0.4) is 0 Å². The summed E-state index contributed by atoms with van der Waals surface area (Å²) in [6, 6.07) is 20.4. The van der Waals surface area contributed by atoms with E-state index in [2.05, 4.69) is 16.8 Å². The van der Waals surface area contributed by atoms with Gasteiger partial charge in [0.15, 0.2) is 0 Å². The summed E-state index contributed by atoms with van der Waals surface area (Å²) in [4.78, 5) is 29.7. The number of carboxylic acids is 1. The number of imidazole rings is 1. The summed E-state index contributed by atoms with van der Waals surface area (Å²) in [6.07, 6.45) is 5.92. The molecule has 3 aromatic carbocycles. The standard InChI is InChI=1S/C32H35N3O4/c1-2-3-12-30-33-26-18-17-23(31(37)34-27-10-6-7-11-29(27)36)19-28(26)35(30)20-21-13-15-22(16-14-21)24-8-4-5-9-25(24)32(38)39/h4-5,8-9,13-19,27,29,36H,2-3,6-7,10-12,20H2,1H3,(H,34,37)(H,38,39). The van der Waals surface area contributed by atoms with Gasteiger partial charge in [-0.25, -0.2) is 9.78 Å². The number of hydrogen-bond acceptors (Lipinski definition) is 4. The number of unbranched alkanes of at least 4 members (excludes halogenated alkanes) is 1. The van der Waals surface area contributed by atoms with E-state index in [9.17, 15) is 19.8 Å². The third kappa shape index (κ3) is 5.88. The molecule has 2 atom stereocenters. The smallest absolute Gasteiger partial charge is 0.336 e. The number of fused-ring (bicyclic) bond motifs is 1. The molecule has 7 heteroatoms. The summed E-state index contributed by atoms with van der Waals surface area (Å²) < 4.78 is 2.18. The molecule has 7 nitrogen and oxygen atoms in total. The third-order valence-corrected chi connectivity index (χ3v) is 7.65. The molecule has 1 fully saturated rings. The Kier molecular flexibility index (Phi) is 8.07. The van der Waals surface area contributed by atoms with Crippen LogP contribution in [0.4, 0.5) is 0 Å². The Bertz CT molecular complexity index is 1470. The predicted molar refractivity (Wildman–Crippen MR) is 152 cm³/mol. The van der Waals surface area contributed by atoms with Crippen molar-refractivity contribution in [1.82, 2.24) is 14.9 Å². The summed E-state index contributed by atoms with van der Waals surface area (Å²) in [5.41, 5.74) is 5.18. The number of aliphatic hydroxyl groups excluding tert-OH is 1. The Hall–Kier alpha value is -3.97. The molecule has 5 rings (SSSR count). The van der Waals surface area contributed by atoms with Crippen molar-refractivity contribution in [1.29, 1.82) is 0 Å². The van der Waals surface area contributed by atoms with Crippen LogP contribution >= 0.6 is 0 Å². The van der Waals surface area contributed by atoms with Crippen LogP contribution in [0.5, 0.6) is 0 Å². The van der Waals surface area contributed by atoms with Crippen molar-refractivity contribution in [3.8, 4) is 11.1 Å². The average Bonchev–Trinajstić information content (AvgIpc) is 3.29. The molecule has 1 aliphatic rings. The SMILES string of the molecule is CCCCc1nc2ccc(C(=O)NC3CCCCC3O)cc2n1Cc1ccc(-c2ccccc2C(=O)O)cc1. The molecule has 39 heavy (non-hydrogen) atoms. The molecule has 0 bridgehead atoms. The van der Waals surface area contributed by atoms with Gasteiger partial charge in [0, 0.05) is 18.5 Å². The van der Waals surface area contributed by atoms with Gasteiger partial charge in [-0.15, -0.1) is 0 Å². The molecule has 3 N–H and O–H groups in total. The van der Waals surface area contributed by atoms with Crippen molar-refractivity contribution in [2.75, 3.05) is 0 Å². The molecule has 1 saturated carbocycles. The highest BCUT2D eigenvalue weighted by Gasteiger charge is 2.25. The van der Waals surface area contributed by atoms with Crippen molar-refractivity contribution in [2.45, 2.75) is 70.6 Å². The molecular formula is C32H35N3O4. The van der Waals surface area contributed by atoms with E-state index in [1.54, 1.807) is 12.1 Å². The Morgan fingerprint density at radius 1 is 1.03 bits per heavy atom. The topological polar surface area (TPSA) is 104 Å². The summed E-state index contributed by atoms with van der Waals surface area (Å²) >= 11 is 0. The van der Waals surface area contributed by atoms with E-state index in [0.717, 1.165) is 72.9 Å². The summed E-state index contributed by atoms with van der Waals surface area (Å²) in [5.74, 6) is -0.141. The number of rotatable bonds is 9. The van der Waals surface area contributed by atoms with E-state index >= 15 is 0 Å². The lowest BCUT2D eigenvalue weighted by Gasteiger charge is -2.28. The van der Waals surface area contributed by atoms with Crippen molar-refractivity contribution < 1.29 is 19.8 Å². The van der Waals surface area contributed by atoms with Gasteiger partial charge < -0.3 is 20.1 Å². The highest BCUT2D eigenvalue weighted by atomic mass is 16.4. The number of aromatic carboxylic acids is 1. The lowest BCUT2D eigenvalue weighted by atomic mass is 9.92. The van der Waals surface area contributed by atoms with Crippen LogP contribution in [0.15, 0.2) is 66.7 Å². The van der Waals surface area contributed by atoms with E-state index in [0.29, 0.717) is 17.7 Å². The normalized spacial score (nSPS) is 17.3. The zero-order chi connectivity index (χ0) is 27.4. The van der Waals surface area contributed by atoms with Gasteiger partial charge >= 0.3 is 5.97 Å². The van der Waals surface area contributed by atoms with Gasteiger partial charge in [-0.1, -0.05) is 68.7 Å². The summed E-state index contributed by atoms with van der Waals surface area (Å²) in [7, 11) is 0. The number of aryl methyl sites for hydroxylation is 1. The van der Waals surface area contributed by atoms with Crippen molar-refractivity contribution in [3.05, 3.63) is 89.2 Å². The maximum absolute atomic E-state index is 13.1. The minimum Gasteiger partial charge on any atom is -0.478 e. The molecule has 202 valence electrons. The van der Waals surface area contributed by atoms with E-state index in [1.807, 2.05) is 54.6 Å². The van der Waals surface area contributed by atoms with Crippen molar-refractivity contribution >= 4 is 22.9 Å². The number of carbonyl (C=O) groups excluding carboxylic acids is 1. The van der Waals surface area contributed by atoms with E-state index < -0.39 is 12.1 Å². The highest BCUT2D eigenvalue weighted by molar-refractivity contribution is 5.98. The Balaban J connectivity index is 1.44. The number of amides is 1.